The Hall–Kier alpha value is -10.1. The monoisotopic (exact) mass is 2020 g/mol. The number of hydrogen-bond acceptors (Lipinski definition) is 28. The van der Waals surface area contributed by atoms with Gasteiger partial charge in [0.2, 0.25) is 27.4 Å². The SMILES string of the molecule is CB(O)NC(C)Cc1ccc(OC(=O)C2C(C(=O)N3CCN(C)CC3)[C@@H]3C=C[C@H]2O3)cc1.CC(N)Cc1ccc(OC(=O)C2C(C(=O)N3CCN(C)CC3)[C@@H]3C=C[C@H]2O3)cc1.CC1(c2ccccc2)NC(=O)N(CCCC(=O)C2C(C(=O)O)[C@H]3C=C[C@@H]2O3)C1=O.CCCN1CCN(C(=O)C2C(C(=O)OCc3ccccc3)[C@H]3C=C[C@@H]2O3)CC1.CN1CCN(C(=O)C2C(C(=O)OCC(Cl)(Cl)Cl)[C@H]3C=C[C@@H]2O3)CC1. The fraction of sp³-hybridized carbons (Fsp3) is 0.553. The minimum atomic E-state index is -1.68. The first kappa shape index (κ1) is 106. The lowest BCUT2D eigenvalue weighted by Gasteiger charge is -2.37. The summed E-state index contributed by atoms with van der Waals surface area (Å²) < 4.78 is 49.1. The first-order chi connectivity index (χ1) is 68.0. The molecule has 6 N–H and O–H groups in total. The van der Waals surface area contributed by atoms with E-state index in [2.05, 4.69) is 37.1 Å². The number of fused-ring (bicyclic) bond motifs is 10. The molecule has 10 bridgehead atoms. The van der Waals surface area contributed by atoms with Crippen LogP contribution in [0.3, 0.4) is 0 Å². The van der Waals surface area contributed by atoms with Gasteiger partial charge in [-0.3, -0.25) is 62.5 Å². The number of halogens is 3. The van der Waals surface area contributed by atoms with Crippen molar-refractivity contribution in [3.05, 3.63) is 192 Å². The van der Waals surface area contributed by atoms with Gasteiger partial charge in [0, 0.05) is 124 Å². The summed E-state index contributed by atoms with van der Waals surface area (Å²) in [6.07, 6.45) is 17.2. The van der Waals surface area contributed by atoms with Crippen molar-refractivity contribution < 1.29 is 110 Å². The largest absolute Gasteiger partial charge is 0.481 e. The van der Waals surface area contributed by atoms with Crippen molar-refractivity contribution in [3.63, 3.8) is 0 Å². The number of esters is 4. The Morgan fingerprint density at radius 2 is 0.824 bits per heavy atom. The molecule has 0 aliphatic carbocycles. The van der Waals surface area contributed by atoms with Crippen molar-refractivity contribution in [3.8, 4) is 11.5 Å². The lowest BCUT2D eigenvalue weighted by molar-refractivity contribution is -0.156. The first-order valence-corrected chi connectivity index (χ1v) is 50.5. The number of benzene rings is 4. The van der Waals surface area contributed by atoms with Crippen LogP contribution in [0.5, 0.6) is 11.5 Å². The summed E-state index contributed by atoms with van der Waals surface area (Å²) in [5.41, 5.74) is 8.47. The molecular formula is C103H130BCl3N12O23. The highest BCUT2D eigenvalue weighted by Gasteiger charge is 2.61. The molecule has 0 aromatic heterocycles. The molecule has 142 heavy (non-hydrogen) atoms. The molecule has 0 radical (unpaired) electrons. The van der Waals surface area contributed by atoms with Crippen LogP contribution in [0, 0.1) is 59.2 Å². The summed E-state index contributed by atoms with van der Waals surface area (Å²) in [5, 5.41) is 24.6. The van der Waals surface area contributed by atoms with Crippen LogP contribution in [0.4, 0.5) is 4.79 Å². The zero-order valence-electron chi connectivity index (χ0n) is 81.3. The van der Waals surface area contributed by atoms with E-state index in [1.807, 2.05) is 153 Å². The average molecular weight is 2020 g/mol. The van der Waals surface area contributed by atoms with E-state index < -0.39 is 142 Å². The zero-order valence-corrected chi connectivity index (χ0v) is 83.6. The summed E-state index contributed by atoms with van der Waals surface area (Å²) in [5.74, 6) is -8.73. The Morgan fingerprint density at radius 1 is 0.472 bits per heavy atom. The number of hydrogen-bond donors (Lipinski definition) is 5. The van der Waals surface area contributed by atoms with Crippen molar-refractivity contribution in [2.75, 3.05) is 146 Å². The number of carboxylic acids is 1. The Balaban J connectivity index is 0.000000134. The van der Waals surface area contributed by atoms with E-state index in [-0.39, 0.29) is 110 Å². The molecular weight excluding hydrogens is 1890 g/mol. The van der Waals surface area contributed by atoms with Crippen LogP contribution >= 0.6 is 34.8 Å². The van der Waals surface area contributed by atoms with Gasteiger partial charge in [-0.05, 0) is 127 Å². The van der Waals surface area contributed by atoms with Crippen LogP contribution in [0.2, 0.25) is 6.82 Å². The number of ether oxygens (including phenoxy) is 9. The van der Waals surface area contributed by atoms with E-state index in [0.29, 0.717) is 69.4 Å². The minimum Gasteiger partial charge on any atom is -0.481 e. The number of nitrogens with one attached hydrogen (secondary N) is 2. The standard InChI is InChI=1S/C23H32BN3O5.C22H29N3O4.C22H28N2O4.C21H22N2O6.C15H19Cl3N2O4/c1-15(25-24(2)30)14-16-4-6-17(7-5-16)31-23(29)21-19-9-8-18(32-19)20(21)22(28)27-12-10-26(3)11-13-27;1-14(23)13-15-3-5-16(6-4-15)28-22(27)20-18-8-7-17(29-18)19(20)21(26)25-11-9-24(2)10-12-25;1-2-10-23-11-13-24(14-12-23)21(25)19-17-8-9-18(28-17)20(19)22(26)27-15-16-6-4-3-5-7-16;1-21(12-6-3-2-4-7-12)19(27)23(20(28)22-21)11-5-8-13(24)16-14-9-10-15(29-14)17(16)18(25)26;1-19-4-6-20(7-5-19)13(21)11-9-2-3-10(24-9)12(11)14(22)23-8-15(16,17)18/h4-9,15,18-21,25,30H,10-14H2,1-3H3;3-8,14,17-20H,9-13,23H2,1-2H3;3-9,17-20H,2,10-15H2,1H3;2-4,6-7,9-10,14-17H,5,8,11H2,1H3,(H,22,28)(H,25,26);2-3,9-12H,4-8H2,1H3/t15?,18-,19+,20?,21?;14?,17-,18+,19?,20?;17-,18+,19?,20?;14-,15+,16?,17?,21?;9-,10+,11?,12?/m00000/s1. The molecule has 10 fully saturated rings. The Kier molecular flexibility index (Phi) is 35.4. The molecule has 19 rings (SSSR count). The predicted octanol–water partition coefficient (Wildman–Crippen LogP) is 5.95. The number of amides is 7. The second-order valence-electron chi connectivity index (χ2n) is 39.4. The number of imide groups is 1. The van der Waals surface area contributed by atoms with Gasteiger partial charge in [-0.15, -0.1) is 0 Å². The van der Waals surface area contributed by atoms with Crippen molar-refractivity contribution in [1.82, 2.24) is 54.6 Å². The lowest BCUT2D eigenvalue weighted by Crippen LogP contribution is -2.53. The summed E-state index contributed by atoms with van der Waals surface area (Å²) >= 11 is 16.9. The number of urea groups is 1. The fourth-order valence-corrected chi connectivity index (χ4v) is 21.6. The molecule has 35 nitrogen and oxygen atoms in total. The van der Waals surface area contributed by atoms with Gasteiger partial charge in [0.05, 0.1) is 96.5 Å². The maximum atomic E-state index is 13.2. The molecule has 764 valence electrons. The molecule has 15 heterocycles. The third kappa shape index (κ3) is 25.3. The number of Topliss-reactive ketones (excluding diaryl/α,β-unsaturated/α-hetero) is 1. The van der Waals surface area contributed by atoms with Crippen LogP contribution in [0.25, 0.3) is 0 Å². The van der Waals surface area contributed by atoms with E-state index in [9.17, 15) is 67.7 Å². The van der Waals surface area contributed by atoms with Gasteiger partial charge in [0.1, 0.15) is 59.7 Å². The number of rotatable bonds is 28. The van der Waals surface area contributed by atoms with E-state index in [1.165, 1.54) is 0 Å². The topological polar surface area (TPSA) is 408 Å². The Bertz CT molecular complexity index is 5300. The summed E-state index contributed by atoms with van der Waals surface area (Å²) in [6.45, 7) is 22.6. The van der Waals surface area contributed by atoms with Gasteiger partial charge >= 0.3 is 42.9 Å². The highest BCUT2D eigenvalue weighted by atomic mass is 35.6. The maximum absolute atomic E-state index is 13.2. The lowest BCUT2D eigenvalue weighted by atomic mass is 9.79. The summed E-state index contributed by atoms with van der Waals surface area (Å²) in [6, 6.07) is 33.0. The summed E-state index contributed by atoms with van der Waals surface area (Å²) in [4.78, 5) is 171. The smallest absolute Gasteiger partial charge is 0.373 e. The number of carboxylic acid groups (broad SMARTS) is 1. The van der Waals surface area contributed by atoms with E-state index in [1.54, 1.807) is 85.4 Å². The van der Waals surface area contributed by atoms with Crippen LogP contribution in [-0.2, 0) is 111 Å². The minimum absolute atomic E-state index is 0.0100. The highest BCUT2D eigenvalue weighted by Crippen LogP contribution is 2.47. The molecule has 7 amide bonds. The van der Waals surface area contributed by atoms with Gasteiger partial charge in [0.25, 0.3) is 5.91 Å². The van der Waals surface area contributed by atoms with E-state index in [4.69, 9.17) is 83.2 Å². The van der Waals surface area contributed by atoms with Gasteiger partial charge in [0.15, 0.2) is 0 Å². The second-order valence-corrected chi connectivity index (χ2v) is 41.9. The van der Waals surface area contributed by atoms with Gasteiger partial charge in [-0.25, -0.2) is 4.79 Å². The van der Waals surface area contributed by atoms with Crippen LogP contribution in [0.1, 0.15) is 69.2 Å². The van der Waals surface area contributed by atoms with Gasteiger partial charge < -0.3 is 103 Å². The number of carbonyl (C=O) groups is 12. The third-order valence-corrected chi connectivity index (χ3v) is 29.3. The first-order valence-electron chi connectivity index (χ1n) is 49.3. The van der Waals surface area contributed by atoms with Crippen LogP contribution in [0.15, 0.2) is 170 Å². The van der Waals surface area contributed by atoms with E-state index >= 15 is 0 Å². The van der Waals surface area contributed by atoms with E-state index in [0.717, 1.165) is 99.8 Å². The number of aliphatic carboxylic acids is 1. The number of carbonyl (C=O) groups excluding carboxylic acids is 11. The molecule has 13 unspecified atom stereocenters. The average Bonchev–Trinajstić information content (AvgIpc) is 1.59. The molecule has 4 aromatic rings. The number of alkyl halides is 3. The Labute approximate surface area is 843 Å². The molecule has 0 saturated carbocycles. The quantitative estimate of drug-likeness (QED) is 0.0110. The molecule has 23 atom stereocenters. The van der Waals surface area contributed by atoms with Crippen molar-refractivity contribution in [2.24, 2.45) is 64.9 Å². The van der Waals surface area contributed by atoms with Crippen molar-refractivity contribution in [2.45, 2.75) is 156 Å². The van der Waals surface area contributed by atoms with Crippen molar-refractivity contribution in [1.29, 1.82) is 0 Å². The number of piperazine rings is 4. The molecule has 0 spiro atoms. The second kappa shape index (κ2) is 47.4. The predicted molar refractivity (Wildman–Crippen MR) is 524 cm³/mol. The fourth-order valence-electron chi connectivity index (χ4n) is 21.4. The third-order valence-electron chi connectivity index (χ3n) is 29.0. The molecule has 10 saturated heterocycles. The molecule has 15 aliphatic heterocycles. The van der Waals surface area contributed by atoms with Crippen molar-refractivity contribution >= 4 is 113 Å². The van der Waals surface area contributed by atoms with Crippen LogP contribution in [-0.4, -0.2) is 355 Å². The highest BCUT2D eigenvalue weighted by molar-refractivity contribution is 6.67. The van der Waals surface area contributed by atoms with Gasteiger partial charge in [-0.1, -0.05) is 194 Å². The normalized spacial score (nSPS) is 30.4. The molecule has 15 aliphatic rings. The number of nitrogens with zero attached hydrogens (tertiary/aromatic N) is 9. The number of likely N-dealkylation sites (N-methyl/N-ethyl adjacent to an activating group) is 3. The number of ketones is 1. The summed E-state index contributed by atoms with van der Waals surface area (Å²) in [7, 11) is 5.54. The molecule has 4 aromatic carbocycles. The maximum Gasteiger partial charge on any atom is 0.373 e. The Morgan fingerprint density at radius 3 is 1.20 bits per heavy atom. The zero-order chi connectivity index (χ0) is 101. The number of nitrogens with two attached hydrogens (primary N) is 1. The van der Waals surface area contributed by atoms with Gasteiger partial charge in [-0.2, -0.15) is 0 Å². The van der Waals surface area contributed by atoms with Crippen LogP contribution < -0.4 is 25.8 Å². The molecule has 39 heteroatoms.